The van der Waals surface area contributed by atoms with Gasteiger partial charge in [0.2, 0.25) is 0 Å². The van der Waals surface area contributed by atoms with E-state index in [2.05, 4.69) is 171 Å². The SMILES string of the molecule is CCCCCCCCCCC(CCCCCCCC)CN1C(=O)C2=C(c3ccc(-c4cc5ccc6cccc7ccc(c4)c5c67)s3)N(CC(CCCCCCCC)CCCCCCCCCC)C(=O)C2=C1c1ccc(-c2cc3ccc4cccc5ccc(c2)c3c45)s1. The highest BCUT2D eigenvalue weighted by Gasteiger charge is 2.50. The zero-order valence-corrected chi connectivity index (χ0v) is 58.1. The van der Waals surface area contributed by atoms with Gasteiger partial charge in [0.25, 0.3) is 11.8 Å². The second-order valence-electron chi connectivity index (χ2n) is 28.0. The summed E-state index contributed by atoms with van der Waals surface area (Å²) in [5, 5.41) is 15.4. The minimum absolute atomic E-state index is 0.0241. The van der Waals surface area contributed by atoms with Crippen molar-refractivity contribution in [3.8, 4) is 20.9 Å². The van der Waals surface area contributed by atoms with E-state index in [9.17, 15) is 0 Å². The van der Waals surface area contributed by atoms with Crippen LogP contribution >= 0.6 is 22.7 Å². The molecular formula is C86H104N2O2S2. The Morgan fingerprint density at radius 1 is 0.293 bits per heavy atom. The Hall–Kier alpha value is -6.34. The Kier molecular flexibility index (Phi) is 23.0. The molecule has 0 aliphatic carbocycles. The summed E-state index contributed by atoms with van der Waals surface area (Å²) in [6, 6.07) is 50.1. The van der Waals surface area contributed by atoms with Crippen LogP contribution in [0.25, 0.3) is 96.9 Å². The number of fused-ring (bicyclic) bond motifs is 1. The van der Waals surface area contributed by atoms with E-state index in [1.807, 2.05) is 0 Å². The van der Waals surface area contributed by atoms with E-state index in [1.54, 1.807) is 22.7 Å². The van der Waals surface area contributed by atoms with Gasteiger partial charge in [-0.15, -0.1) is 22.7 Å². The number of benzene rings is 8. The number of hydrogen-bond donors (Lipinski definition) is 0. The summed E-state index contributed by atoms with van der Waals surface area (Å²) in [6.45, 7) is 10.5. The smallest absolute Gasteiger partial charge is 0.261 e. The standard InChI is InChI=1S/C86H104N2O2S2/c1-5-9-13-17-21-23-27-31-37-61(35-29-25-19-15-11-7-3)59-87-83(75-53-51-73(91-75)71-55-67-47-43-63-39-33-40-64-44-48-68(56-71)79(67)77(63)64)81-82(85(87)89)84(88(86(81)90)60-62(36-30-26-20-16-12-8-4)38-32-28-24-22-18-14-10-6-2)76-54-52-74(92-76)72-57-69-49-45-65-41-34-42-66-46-50-70(58-72)80(69)78(65)66/h33-34,39-58,61-62H,5-32,35-38,59-60H2,1-4H3. The number of carbonyl (C=O) groups is 2. The molecule has 2 amide bonds. The first kappa shape index (κ1) is 65.7. The number of carbonyl (C=O) groups excluding carboxylic acids is 2. The van der Waals surface area contributed by atoms with Crippen molar-refractivity contribution in [1.82, 2.24) is 9.80 Å². The third kappa shape index (κ3) is 14.9. The van der Waals surface area contributed by atoms with Gasteiger partial charge in [0, 0.05) is 22.8 Å². The van der Waals surface area contributed by atoms with Crippen molar-refractivity contribution >= 4 is 111 Å². The van der Waals surface area contributed by atoms with Gasteiger partial charge in [-0.05, 0) is 162 Å². The van der Waals surface area contributed by atoms with Crippen LogP contribution in [0.4, 0.5) is 0 Å². The van der Waals surface area contributed by atoms with Crippen LogP contribution in [0.2, 0.25) is 0 Å². The number of unbranched alkanes of at least 4 members (excludes halogenated alkanes) is 24. The normalized spacial score (nSPS) is 14.5. The van der Waals surface area contributed by atoms with Crippen LogP contribution in [0.1, 0.15) is 243 Å². The molecule has 2 aliphatic heterocycles. The van der Waals surface area contributed by atoms with Crippen LogP contribution in [-0.2, 0) is 9.59 Å². The molecule has 6 heteroatoms. The lowest BCUT2D eigenvalue weighted by atomic mass is 9.92. The van der Waals surface area contributed by atoms with Gasteiger partial charge in [0.05, 0.1) is 32.3 Å². The molecule has 10 aromatic rings. The first-order chi connectivity index (χ1) is 45.3. The summed E-state index contributed by atoms with van der Waals surface area (Å²) in [7, 11) is 0. The average Bonchev–Trinajstić information content (AvgIpc) is 1.45. The molecule has 2 aromatic heterocycles. The lowest BCUT2D eigenvalue weighted by molar-refractivity contribution is -0.124. The predicted octanol–water partition coefficient (Wildman–Crippen LogP) is 26.5. The van der Waals surface area contributed by atoms with Crippen LogP contribution in [0.5, 0.6) is 0 Å². The molecule has 2 unspecified atom stereocenters. The molecule has 0 fully saturated rings. The Balaban J connectivity index is 0.951. The molecule has 4 nitrogen and oxygen atoms in total. The average molecular weight is 1260 g/mol. The molecule has 0 bridgehead atoms. The molecule has 0 saturated carbocycles. The molecule has 8 aromatic carbocycles. The largest absolute Gasteiger partial charge is 0.306 e. The van der Waals surface area contributed by atoms with Crippen molar-refractivity contribution in [3.05, 3.63) is 154 Å². The van der Waals surface area contributed by atoms with E-state index >= 15 is 9.59 Å². The third-order valence-electron chi connectivity index (χ3n) is 21.1. The van der Waals surface area contributed by atoms with Crippen molar-refractivity contribution in [1.29, 1.82) is 0 Å². The highest BCUT2D eigenvalue weighted by atomic mass is 32.1. The Morgan fingerprint density at radius 3 is 0.837 bits per heavy atom. The molecule has 0 radical (unpaired) electrons. The molecule has 0 saturated heterocycles. The summed E-state index contributed by atoms with van der Waals surface area (Å²) in [4.78, 5) is 41.7. The lowest BCUT2D eigenvalue weighted by Crippen LogP contribution is -2.34. The maximum Gasteiger partial charge on any atom is 0.261 e. The maximum absolute atomic E-state index is 16.5. The molecule has 2 atom stereocenters. The van der Waals surface area contributed by atoms with Crippen molar-refractivity contribution in [3.63, 3.8) is 0 Å². The summed E-state index contributed by atoms with van der Waals surface area (Å²) in [6.07, 6.45) is 40.1. The summed E-state index contributed by atoms with van der Waals surface area (Å²) in [5.41, 5.74) is 5.35. The second kappa shape index (κ2) is 32.2. The van der Waals surface area contributed by atoms with E-state index < -0.39 is 0 Å². The van der Waals surface area contributed by atoms with Crippen molar-refractivity contribution < 1.29 is 9.59 Å². The molecular weight excluding hydrogens is 1160 g/mol. The lowest BCUT2D eigenvalue weighted by Gasteiger charge is -2.29. The summed E-state index contributed by atoms with van der Waals surface area (Å²) >= 11 is 3.53. The number of hydrogen-bond acceptors (Lipinski definition) is 4. The van der Waals surface area contributed by atoms with Gasteiger partial charge in [-0.2, -0.15) is 0 Å². The first-order valence-corrected chi connectivity index (χ1v) is 38.7. The maximum atomic E-state index is 16.5. The first-order valence-electron chi connectivity index (χ1n) is 37.0. The van der Waals surface area contributed by atoms with E-state index in [-0.39, 0.29) is 11.8 Å². The highest BCUT2D eigenvalue weighted by Crippen LogP contribution is 2.52. The fourth-order valence-electron chi connectivity index (χ4n) is 16.0. The topological polar surface area (TPSA) is 40.6 Å². The number of amides is 2. The van der Waals surface area contributed by atoms with Crippen LogP contribution < -0.4 is 0 Å². The fraction of sp³-hybridized carbons (Fsp3) is 0.465. The molecule has 0 N–H and O–H groups in total. The number of nitrogens with zero attached hydrogens (tertiary/aromatic N) is 2. The Morgan fingerprint density at radius 2 is 0.543 bits per heavy atom. The van der Waals surface area contributed by atoms with Crippen LogP contribution in [0.3, 0.4) is 0 Å². The zero-order chi connectivity index (χ0) is 63.2. The molecule has 0 spiro atoms. The Labute approximate surface area is 559 Å². The van der Waals surface area contributed by atoms with E-state index in [4.69, 9.17) is 0 Å². The molecule has 4 heterocycles. The minimum atomic E-state index is 0.0241. The third-order valence-corrected chi connectivity index (χ3v) is 23.4. The van der Waals surface area contributed by atoms with Gasteiger partial charge in [0.15, 0.2) is 0 Å². The monoisotopic (exact) mass is 1260 g/mol. The molecule has 482 valence electrons. The van der Waals surface area contributed by atoms with Gasteiger partial charge in [-0.25, -0.2) is 0 Å². The van der Waals surface area contributed by atoms with Gasteiger partial charge in [-0.3, -0.25) is 9.59 Å². The number of rotatable bonds is 40. The minimum Gasteiger partial charge on any atom is -0.306 e. The van der Waals surface area contributed by atoms with Gasteiger partial charge in [0.1, 0.15) is 0 Å². The molecule has 92 heavy (non-hydrogen) atoms. The van der Waals surface area contributed by atoms with E-state index in [0.717, 1.165) is 56.6 Å². The second-order valence-corrected chi connectivity index (χ2v) is 30.2. The van der Waals surface area contributed by atoms with Gasteiger partial charge >= 0.3 is 0 Å². The number of thiophene rings is 2. The summed E-state index contributed by atoms with van der Waals surface area (Å²) < 4.78 is 0. The van der Waals surface area contributed by atoms with Crippen molar-refractivity contribution in [2.75, 3.05) is 13.1 Å². The molecule has 12 rings (SSSR count). The van der Waals surface area contributed by atoms with Crippen molar-refractivity contribution in [2.45, 2.75) is 233 Å². The quantitative estimate of drug-likeness (QED) is 0.0284. The van der Waals surface area contributed by atoms with E-state index in [0.29, 0.717) is 36.1 Å². The predicted molar refractivity (Wildman–Crippen MR) is 402 cm³/mol. The van der Waals surface area contributed by atoms with Gasteiger partial charge < -0.3 is 9.80 Å². The molecule has 2 aliphatic rings. The van der Waals surface area contributed by atoms with Crippen LogP contribution in [0.15, 0.2) is 145 Å². The van der Waals surface area contributed by atoms with E-state index in [1.165, 1.54) is 256 Å². The Bertz CT molecular complexity index is 3720. The zero-order valence-electron chi connectivity index (χ0n) is 56.4. The van der Waals surface area contributed by atoms with Crippen molar-refractivity contribution in [2.24, 2.45) is 11.8 Å². The van der Waals surface area contributed by atoms with Gasteiger partial charge in [-0.1, -0.05) is 292 Å². The fourth-order valence-corrected chi connectivity index (χ4v) is 18.1. The highest BCUT2D eigenvalue weighted by molar-refractivity contribution is 7.17. The van der Waals surface area contributed by atoms with Crippen LogP contribution in [0, 0.1) is 11.8 Å². The van der Waals surface area contributed by atoms with Crippen LogP contribution in [-0.4, -0.2) is 34.7 Å². The summed E-state index contributed by atoms with van der Waals surface area (Å²) in [5.74, 6) is 0.728.